The van der Waals surface area contributed by atoms with Gasteiger partial charge >= 0.3 is 11.9 Å². The normalized spacial score (nSPS) is 18.4. The van der Waals surface area contributed by atoms with Crippen LogP contribution in [0.5, 0.6) is 0 Å². The summed E-state index contributed by atoms with van der Waals surface area (Å²) in [6.07, 6.45) is 0.105. The fourth-order valence-corrected chi connectivity index (χ4v) is 2.47. The Morgan fingerprint density at radius 3 is 2.60 bits per heavy atom. The second-order valence-electron chi connectivity index (χ2n) is 4.98. The SMILES string of the molecule is CN1Cc2cc(C(=O)O)ccc2CC(CC(=O)O)C1=O. The van der Waals surface area contributed by atoms with Gasteiger partial charge in [0.2, 0.25) is 5.91 Å². The Kier molecular flexibility index (Phi) is 3.74. The summed E-state index contributed by atoms with van der Waals surface area (Å²) in [5, 5.41) is 17.9. The molecular weight excluding hydrogens is 262 g/mol. The lowest BCUT2D eigenvalue weighted by Crippen LogP contribution is -2.32. The molecule has 1 amide bonds. The first-order chi connectivity index (χ1) is 9.38. The van der Waals surface area contributed by atoms with Gasteiger partial charge in [-0.25, -0.2) is 4.79 Å². The Bertz CT molecular complexity index is 581. The molecule has 20 heavy (non-hydrogen) atoms. The lowest BCUT2D eigenvalue weighted by Gasteiger charge is -2.18. The van der Waals surface area contributed by atoms with Crippen molar-refractivity contribution in [2.75, 3.05) is 7.05 Å². The van der Waals surface area contributed by atoms with Gasteiger partial charge in [0.1, 0.15) is 0 Å². The molecule has 1 aliphatic rings. The van der Waals surface area contributed by atoms with E-state index >= 15 is 0 Å². The zero-order chi connectivity index (χ0) is 14.9. The predicted octanol–water partition coefficient (Wildman–Crippen LogP) is 0.990. The van der Waals surface area contributed by atoms with Crippen LogP contribution in [-0.2, 0) is 22.6 Å². The molecule has 1 aromatic carbocycles. The summed E-state index contributed by atoms with van der Waals surface area (Å²) in [7, 11) is 1.60. The number of benzene rings is 1. The number of amides is 1. The first-order valence-corrected chi connectivity index (χ1v) is 6.20. The molecule has 1 unspecified atom stereocenters. The molecule has 0 bridgehead atoms. The summed E-state index contributed by atoms with van der Waals surface area (Å²) in [5.41, 5.74) is 1.76. The van der Waals surface area contributed by atoms with Crippen LogP contribution in [0.15, 0.2) is 18.2 Å². The summed E-state index contributed by atoms with van der Waals surface area (Å²) in [4.78, 5) is 35.4. The van der Waals surface area contributed by atoms with E-state index in [0.717, 1.165) is 11.1 Å². The molecule has 2 rings (SSSR count). The second-order valence-corrected chi connectivity index (χ2v) is 4.98. The highest BCUT2D eigenvalue weighted by Gasteiger charge is 2.29. The van der Waals surface area contributed by atoms with E-state index in [1.807, 2.05) is 0 Å². The van der Waals surface area contributed by atoms with Gasteiger partial charge in [-0.2, -0.15) is 0 Å². The standard InChI is InChI=1S/C14H15NO5/c1-15-7-11-5-9(14(19)20)3-2-8(11)4-10(13(15)18)6-12(16)17/h2-3,5,10H,4,6-7H2,1H3,(H,16,17)(H,19,20). The molecule has 1 heterocycles. The number of rotatable bonds is 3. The fraction of sp³-hybridized carbons (Fsp3) is 0.357. The largest absolute Gasteiger partial charge is 0.481 e. The molecule has 1 aliphatic heterocycles. The van der Waals surface area contributed by atoms with Crippen LogP contribution in [0.1, 0.15) is 27.9 Å². The number of nitrogens with zero attached hydrogens (tertiary/aromatic N) is 1. The number of hydrogen-bond donors (Lipinski definition) is 2. The van der Waals surface area contributed by atoms with Crippen LogP contribution in [0.25, 0.3) is 0 Å². The number of hydrogen-bond acceptors (Lipinski definition) is 3. The topological polar surface area (TPSA) is 94.9 Å². The van der Waals surface area contributed by atoms with E-state index in [2.05, 4.69) is 0 Å². The van der Waals surface area contributed by atoms with Crippen LogP contribution in [0.2, 0.25) is 0 Å². The van der Waals surface area contributed by atoms with Gasteiger partial charge in [0.15, 0.2) is 0 Å². The highest BCUT2D eigenvalue weighted by molar-refractivity contribution is 5.88. The minimum Gasteiger partial charge on any atom is -0.481 e. The molecule has 0 saturated carbocycles. The van der Waals surface area contributed by atoms with E-state index in [1.165, 1.54) is 11.0 Å². The van der Waals surface area contributed by atoms with Crippen molar-refractivity contribution in [3.8, 4) is 0 Å². The van der Waals surface area contributed by atoms with Crippen molar-refractivity contribution in [2.24, 2.45) is 5.92 Å². The highest BCUT2D eigenvalue weighted by atomic mass is 16.4. The zero-order valence-electron chi connectivity index (χ0n) is 11.0. The molecule has 0 fully saturated rings. The van der Waals surface area contributed by atoms with E-state index in [4.69, 9.17) is 10.2 Å². The van der Waals surface area contributed by atoms with Crippen molar-refractivity contribution in [1.82, 2.24) is 4.90 Å². The Morgan fingerprint density at radius 1 is 1.30 bits per heavy atom. The third-order valence-corrected chi connectivity index (χ3v) is 3.47. The average molecular weight is 277 g/mol. The third kappa shape index (κ3) is 2.79. The van der Waals surface area contributed by atoms with Crippen molar-refractivity contribution in [3.05, 3.63) is 34.9 Å². The summed E-state index contributed by atoms with van der Waals surface area (Å²) < 4.78 is 0. The molecule has 0 aromatic heterocycles. The van der Waals surface area contributed by atoms with Crippen LogP contribution >= 0.6 is 0 Å². The average Bonchev–Trinajstić information content (AvgIpc) is 2.47. The van der Waals surface area contributed by atoms with Crippen LogP contribution in [0.4, 0.5) is 0 Å². The number of carboxylic acid groups (broad SMARTS) is 2. The first kappa shape index (κ1) is 14.0. The third-order valence-electron chi connectivity index (χ3n) is 3.47. The fourth-order valence-electron chi connectivity index (χ4n) is 2.47. The zero-order valence-corrected chi connectivity index (χ0v) is 11.0. The Balaban J connectivity index is 2.37. The number of fused-ring (bicyclic) bond motifs is 1. The summed E-state index contributed by atoms with van der Waals surface area (Å²) in [5.74, 6) is -2.86. The van der Waals surface area contributed by atoms with Gasteiger partial charge in [-0.05, 0) is 29.7 Å². The second kappa shape index (κ2) is 5.32. The van der Waals surface area contributed by atoms with Crippen molar-refractivity contribution < 1.29 is 24.6 Å². The number of aromatic carboxylic acids is 1. The van der Waals surface area contributed by atoms with Gasteiger partial charge in [-0.15, -0.1) is 0 Å². The molecule has 6 heteroatoms. The first-order valence-electron chi connectivity index (χ1n) is 6.20. The molecule has 0 radical (unpaired) electrons. The molecule has 1 atom stereocenters. The maximum Gasteiger partial charge on any atom is 0.335 e. The van der Waals surface area contributed by atoms with Crippen LogP contribution in [0.3, 0.4) is 0 Å². The monoisotopic (exact) mass is 277 g/mol. The molecule has 0 aliphatic carbocycles. The summed E-state index contributed by atoms with van der Waals surface area (Å²) in [6, 6.07) is 4.69. The van der Waals surface area contributed by atoms with Crippen LogP contribution < -0.4 is 0 Å². The Hall–Kier alpha value is -2.37. The molecule has 2 N–H and O–H groups in total. The molecule has 6 nitrogen and oxygen atoms in total. The van der Waals surface area contributed by atoms with E-state index in [-0.39, 0.29) is 17.9 Å². The highest BCUT2D eigenvalue weighted by Crippen LogP contribution is 2.25. The molecule has 1 aromatic rings. The maximum absolute atomic E-state index is 12.1. The predicted molar refractivity (Wildman–Crippen MR) is 69.3 cm³/mol. The molecule has 0 saturated heterocycles. The Morgan fingerprint density at radius 2 is 2.00 bits per heavy atom. The molecular formula is C14H15NO5. The van der Waals surface area contributed by atoms with Gasteiger partial charge in [-0.1, -0.05) is 6.07 Å². The van der Waals surface area contributed by atoms with Crippen LogP contribution in [0, 0.1) is 5.92 Å². The molecule has 0 spiro atoms. The quantitative estimate of drug-likeness (QED) is 0.859. The van der Waals surface area contributed by atoms with Gasteiger partial charge in [0, 0.05) is 13.6 Å². The van der Waals surface area contributed by atoms with Crippen molar-refractivity contribution in [3.63, 3.8) is 0 Å². The number of carbonyl (C=O) groups is 3. The van der Waals surface area contributed by atoms with Gasteiger partial charge in [0.25, 0.3) is 0 Å². The van der Waals surface area contributed by atoms with Crippen molar-refractivity contribution >= 4 is 17.8 Å². The maximum atomic E-state index is 12.1. The number of carboxylic acids is 2. The summed E-state index contributed by atoms with van der Waals surface area (Å²) in [6.45, 7) is 0.297. The van der Waals surface area contributed by atoms with Crippen molar-refractivity contribution in [2.45, 2.75) is 19.4 Å². The number of aliphatic carboxylic acids is 1. The Labute approximate surface area is 115 Å². The van der Waals surface area contributed by atoms with Gasteiger partial charge in [0.05, 0.1) is 17.9 Å². The lowest BCUT2D eigenvalue weighted by atomic mass is 9.93. The smallest absolute Gasteiger partial charge is 0.335 e. The minimum atomic E-state index is -1.02. The van der Waals surface area contributed by atoms with Crippen molar-refractivity contribution in [1.29, 1.82) is 0 Å². The van der Waals surface area contributed by atoms with Gasteiger partial charge in [-0.3, -0.25) is 9.59 Å². The molecule has 106 valence electrons. The van der Waals surface area contributed by atoms with E-state index in [9.17, 15) is 14.4 Å². The minimum absolute atomic E-state index is 0.168. The van der Waals surface area contributed by atoms with Gasteiger partial charge < -0.3 is 15.1 Å². The summed E-state index contributed by atoms with van der Waals surface area (Å²) >= 11 is 0. The van der Waals surface area contributed by atoms with E-state index in [1.54, 1.807) is 19.2 Å². The van der Waals surface area contributed by atoms with Crippen LogP contribution in [-0.4, -0.2) is 40.0 Å². The van der Waals surface area contributed by atoms with E-state index in [0.29, 0.717) is 13.0 Å². The number of carbonyl (C=O) groups excluding carboxylic acids is 1. The van der Waals surface area contributed by atoms with E-state index < -0.39 is 17.9 Å². The lowest BCUT2D eigenvalue weighted by molar-refractivity contribution is -0.143.